The molecule has 0 N–H and O–H groups in total. The Balaban J connectivity index is 1.99. The van der Waals surface area contributed by atoms with Crippen LogP contribution in [0.5, 0.6) is 0 Å². The van der Waals surface area contributed by atoms with Gasteiger partial charge in [-0.05, 0) is 17.7 Å². The maximum Gasteiger partial charge on any atom is 0.0663 e. The van der Waals surface area contributed by atoms with Gasteiger partial charge in [-0.15, -0.1) is 0 Å². The molecule has 0 atom stereocenters. The fourth-order valence-corrected chi connectivity index (χ4v) is 1.87. The monoisotopic (exact) mass is 228 g/mol. The summed E-state index contributed by atoms with van der Waals surface area (Å²) < 4.78 is 5.33. The van der Waals surface area contributed by atoms with Crippen LogP contribution in [-0.4, -0.2) is 26.3 Å². The number of anilines is 1. The lowest BCUT2D eigenvalue weighted by molar-refractivity contribution is 0.122. The van der Waals surface area contributed by atoms with Crippen molar-refractivity contribution in [3.8, 4) is 6.07 Å². The Morgan fingerprint density at radius 3 is 2.59 bits per heavy atom. The van der Waals surface area contributed by atoms with Crippen molar-refractivity contribution in [3.63, 3.8) is 0 Å². The van der Waals surface area contributed by atoms with Crippen LogP contribution in [0.3, 0.4) is 0 Å². The van der Waals surface area contributed by atoms with Gasteiger partial charge in [0.2, 0.25) is 0 Å². The molecule has 3 nitrogen and oxygen atoms in total. The number of hydrogen-bond donors (Lipinski definition) is 0. The van der Waals surface area contributed by atoms with Crippen molar-refractivity contribution >= 4 is 11.8 Å². The van der Waals surface area contributed by atoms with Crippen molar-refractivity contribution in [2.24, 2.45) is 0 Å². The van der Waals surface area contributed by atoms with Crippen LogP contribution >= 0.6 is 0 Å². The van der Waals surface area contributed by atoms with E-state index in [2.05, 4.69) is 35.2 Å². The van der Waals surface area contributed by atoms with Crippen LogP contribution < -0.4 is 4.90 Å². The van der Waals surface area contributed by atoms with Crippen molar-refractivity contribution in [1.82, 2.24) is 0 Å². The molecule has 0 aliphatic carbocycles. The largest absolute Gasteiger partial charge is 0.378 e. The van der Waals surface area contributed by atoms with Gasteiger partial charge in [0, 0.05) is 18.8 Å². The molecule has 1 aromatic carbocycles. The second-order valence-corrected chi connectivity index (χ2v) is 3.96. The summed E-state index contributed by atoms with van der Waals surface area (Å²) in [7, 11) is 0. The molecule has 1 aromatic rings. The molecule has 3 heteroatoms. The second kappa shape index (κ2) is 6.07. The molecule has 0 saturated carbocycles. The Bertz CT molecular complexity index is 411. The van der Waals surface area contributed by atoms with Crippen molar-refractivity contribution in [1.29, 1.82) is 5.26 Å². The minimum Gasteiger partial charge on any atom is -0.378 e. The maximum atomic E-state index is 8.44. The topological polar surface area (TPSA) is 36.3 Å². The standard InChI is InChI=1S/C14H16N2O/c15-8-2-1-3-13-4-6-14(7-5-13)16-9-11-17-12-10-16/h1,3-7H,2,9-12H2. The summed E-state index contributed by atoms with van der Waals surface area (Å²) in [5.74, 6) is 0. The van der Waals surface area contributed by atoms with E-state index in [-0.39, 0.29) is 0 Å². The highest BCUT2D eigenvalue weighted by atomic mass is 16.5. The lowest BCUT2D eigenvalue weighted by Crippen LogP contribution is -2.36. The van der Waals surface area contributed by atoms with Crippen LogP contribution in [-0.2, 0) is 4.74 Å². The summed E-state index contributed by atoms with van der Waals surface area (Å²) in [5.41, 5.74) is 2.38. The van der Waals surface area contributed by atoms with E-state index in [1.54, 1.807) is 0 Å². The number of benzene rings is 1. The van der Waals surface area contributed by atoms with Gasteiger partial charge in [0.15, 0.2) is 0 Å². The summed E-state index contributed by atoms with van der Waals surface area (Å²) in [6, 6.07) is 10.5. The van der Waals surface area contributed by atoms with Crippen LogP contribution in [0.25, 0.3) is 6.08 Å². The number of nitrogens with zero attached hydrogens (tertiary/aromatic N) is 2. The van der Waals surface area contributed by atoms with Crippen LogP contribution in [0.2, 0.25) is 0 Å². The van der Waals surface area contributed by atoms with E-state index < -0.39 is 0 Å². The van der Waals surface area contributed by atoms with Gasteiger partial charge >= 0.3 is 0 Å². The van der Waals surface area contributed by atoms with Gasteiger partial charge < -0.3 is 9.64 Å². The van der Waals surface area contributed by atoms with Gasteiger partial charge in [0.25, 0.3) is 0 Å². The molecule has 1 heterocycles. The first-order chi connectivity index (χ1) is 8.40. The lowest BCUT2D eigenvalue weighted by atomic mass is 10.1. The molecule has 1 aliphatic heterocycles. The fraction of sp³-hybridized carbons (Fsp3) is 0.357. The molecule has 1 aliphatic rings. The van der Waals surface area contributed by atoms with E-state index in [0.717, 1.165) is 31.9 Å². The number of rotatable bonds is 3. The number of nitriles is 1. The summed E-state index contributed by atoms with van der Waals surface area (Å²) >= 11 is 0. The van der Waals surface area contributed by atoms with Crippen molar-refractivity contribution in [2.45, 2.75) is 6.42 Å². The molecule has 1 saturated heterocycles. The van der Waals surface area contributed by atoms with Crippen molar-refractivity contribution in [3.05, 3.63) is 35.9 Å². The van der Waals surface area contributed by atoms with E-state index in [4.69, 9.17) is 10.00 Å². The third-order valence-corrected chi connectivity index (χ3v) is 2.79. The minimum absolute atomic E-state index is 0.464. The van der Waals surface area contributed by atoms with E-state index in [1.165, 1.54) is 5.69 Å². The Labute approximate surface area is 102 Å². The van der Waals surface area contributed by atoms with E-state index >= 15 is 0 Å². The van der Waals surface area contributed by atoms with Crippen molar-refractivity contribution < 1.29 is 4.74 Å². The molecular weight excluding hydrogens is 212 g/mol. The average molecular weight is 228 g/mol. The number of allylic oxidation sites excluding steroid dienone is 1. The molecule has 0 bridgehead atoms. The predicted octanol–water partition coefficient (Wildman–Crippen LogP) is 2.45. The number of ether oxygens (including phenoxy) is 1. The van der Waals surface area contributed by atoms with E-state index in [9.17, 15) is 0 Å². The zero-order chi connectivity index (χ0) is 11.9. The van der Waals surface area contributed by atoms with Crippen LogP contribution in [0.4, 0.5) is 5.69 Å². The normalized spacial score (nSPS) is 16.1. The highest BCUT2D eigenvalue weighted by molar-refractivity contribution is 5.56. The van der Waals surface area contributed by atoms with E-state index in [1.807, 2.05) is 12.2 Å². The number of hydrogen-bond acceptors (Lipinski definition) is 3. The average Bonchev–Trinajstić information content (AvgIpc) is 2.41. The quantitative estimate of drug-likeness (QED) is 0.797. The first-order valence-electron chi connectivity index (χ1n) is 5.86. The second-order valence-electron chi connectivity index (χ2n) is 3.96. The maximum absolute atomic E-state index is 8.44. The molecule has 0 spiro atoms. The zero-order valence-electron chi connectivity index (χ0n) is 9.80. The smallest absolute Gasteiger partial charge is 0.0663 e. The first kappa shape index (κ1) is 11.7. The summed E-state index contributed by atoms with van der Waals surface area (Å²) in [4.78, 5) is 2.33. The molecule has 0 aromatic heterocycles. The minimum atomic E-state index is 0.464. The predicted molar refractivity (Wildman–Crippen MR) is 68.7 cm³/mol. The molecule has 17 heavy (non-hydrogen) atoms. The summed E-state index contributed by atoms with van der Waals surface area (Å²) in [6.07, 6.45) is 4.32. The highest BCUT2D eigenvalue weighted by Gasteiger charge is 2.10. The van der Waals surface area contributed by atoms with Gasteiger partial charge in [0.1, 0.15) is 0 Å². The molecule has 1 fully saturated rings. The Hall–Kier alpha value is -1.79. The van der Waals surface area contributed by atoms with Crippen molar-refractivity contribution in [2.75, 3.05) is 31.2 Å². The molecule has 2 rings (SSSR count). The molecular formula is C14H16N2O. The van der Waals surface area contributed by atoms with Crippen LogP contribution in [0.1, 0.15) is 12.0 Å². The Morgan fingerprint density at radius 1 is 1.24 bits per heavy atom. The van der Waals surface area contributed by atoms with Crippen LogP contribution in [0.15, 0.2) is 30.3 Å². The highest BCUT2D eigenvalue weighted by Crippen LogP contribution is 2.17. The molecule has 0 radical (unpaired) electrons. The molecule has 88 valence electrons. The molecule has 0 unspecified atom stereocenters. The molecule has 0 amide bonds. The number of morpholine rings is 1. The van der Waals surface area contributed by atoms with Gasteiger partial charge in [-0.3, -0.25) is 0 Å². The third kappa shape index (κ3) is 3.33. The van der Waals surface area contributed by atoms with Crippen LogP contribution in [0, 0.1) is 11.3 Å². The van der Waals surface area contributed by atoms with Gasteiger partial charge in [-0.2, -0.15) is 5.26 Å². The zero-order valence-corrected chi connectivity index (χ0v) is 9.80. The third-order valence-electron chi connectivity index (χ3n) is 2.79. The Morgan fingerprint density at radius 2 is 1.94 bits per heavy atom. The lowest BCUT2D eigenvalue weighted by Gasteiger charge is -2.28. The SMILES string of the molecule is N#CCC=Cc1ccc(N2CCOCC2)cc1. The first-order valence-corrected chi connectivity index (χ1v) is 5.86. The Kier molecular flexibility index (Phi) is 4.17. The van der Waals surface area contributed by atoms with Gasteiger partial charge in [-0.1, -0.05) is 24.3 Å². The summed E-state index contributed by atoms with van der Waals surface area (Å²) in [5, 5.41) is 8.44. The fourth-order valence-electron chi connectivity index (χ4n) is 1.87. The van der Waals surface area contributed by atoms with Gasteiger partial charge in [0.05, 0.1) is 25.7 Å². The van der Waals surface area contributed by atoms with E-state index in [0.29, 0.717) is 6.42 Å². The van der Waals surface area contributed by atoms with Gasteiger partial charge in [-0.25, -0.2) is 0 Å². The summed E-state index contributed by atoms with van der Waals surface area (Å²) in [6.45, 7) is 3.54.